The van der Waals surface area contributed by atoms with E-state index < -0.39 is 5.97 Å². The fraction of sp³-hybridized carbons (Fsp3) is 0.182. The van der Waals surface area contributed by atoms with E-state index in [0.29, 0.717) is 5.75 Å². The first-order valence-corrected chi connectivity index (χ1v) is 4.25. The molecule has 0 aliphatic rings. The Morgan fingerprint density at radius 1 is 1.43 bits per heavy atom. The highest BCUT2D eigenvalue weighted by Crippen LogP contribution is 2.25. The highest BCUT2D eigenvalue weighted by molar-refractivity contribution is 5.84. The standard InChI is InChI=1S/C11H13NO2/c1-4-11(13)14-10-8-6-5-7-9(10)12(2)3/h4-8H,1H2,2-3H3. The number of anilines is 1. The van der Waals surface area contributed by atoms with E-state index in [1.54, 1.807) is 6.07 Å². The maximum atomic E-state index is 11.0. The van der Waals surface area contributed by atoms with Crippen molar-refractivity contribution in [2.75, 3.05) is 19.0 Å². The Hall–Kier alpha value is -1.77. The summed E-state index contributed by atoms with van der Waals surface area (Å²) in [6.45, 7) is 3.34. The number of hydrogen-bond donors (Lipinski definition) is 0. The molecule has 3 heteroatoms. The molecule has 0 spiro atoms. The van der Waals surface area contributed by atoms with Crippen LogP contribution in [0, 0.1) is 0 Å². The number of hydrogen-bond acceptors (Lipinski definition) is 3. The lowest BCUT2D eigenvalue weighted by atomic mass is 10.3. The molecular formula is C11H13NO2. The summed E-state index contributed by atoms with van der Waals surface area (Å²) in [4.78, 5) is 12.9. The van der Waals surface area contributed by atoms with Gasteiger partial charge in [0.15, 0.2) is 5.75 Å². The molecule has 1 aromatic rings. The molecule has 0 saturated heterocycles. The van der Waals surface area contributed by atoms with E-state index in [0.717, 1.165) is 11.8 Å². The molecule has 1 rings (SSSR count). The molecule has 0 fully saturated rings. The first kappa shape index (κ1) is 10.3. The Morgan fingerprint density at radius 2 is 2.07 bits per heavy atom. The number of esters is 1. The monoisotopic (exact) mass is 191 g/mol. The van der Waals surface area contributed by atoms with Crippen molar-refractivity contribution in [3.05, 3.63) is 36.9 Å². The lowest BCUT2D eigenvalue weighted by Gasteiger charge is -2.15. The molecule has 0 N–H and O–H groups in total. The highest BCUT2D eigenvalue weighted by Gasteiger charge is 2.06. The van der Waals surface area contributed by atoms with Crippen molar-refractivity contribution in [2.45, 2.75) is 0 Å². The van der Waals surface area contributed by atoms with Gasteiger partial charge in [0, 0.05) is 20.2 Å². The minimum atomic E-state index is -0.445. The van der Waals surface area contributed by atoms with Crippen LogP contribution in [0.25, 0.3) is 0 Å². The zero-order valence-corrected chi connectivity index (χ0v) is 8.36. The van der Waals surface area contributed by atoms with Gasteiger partial charge < -0.3 is 9.64 Å². The summed E-state index contributed by atoms with van der Waals surface area (Å²) in [5.41, 5.74) is 0.864. The SMILES string of the molecule is C=CC(=O)Oc1ccccc1N(C)C. The smallest absolute Gasteiger partial charge is 0.335 e. The zero-order valence-electron chi connectivity index (χ0n) is 8.36. The van der Waals surface area contributed by atoms with Crippen LogP contribution in [-0.2, 0) is 4.79 Å². The molecule has 0 aromatic heterocycles. The average Bonchev–Trinajstić information content (AvgIpc) is 2.18. The third kappa shape index (κ3) is 2.36. The van der Waals surface area contributed by atoms with Crippen LogP contribution in [0.15, 0.2) is 36.9 Å². The summed E-state index contributed by atoms with van der Waals surface area (Å²) < 4.78 is 5.06. The van der Waals surface area contributed by atoms with Gasteiger partial charge in [-0.25, -0.2) is 4.79 Å². The predicted octanol–water partition coefficient (Wildman–Crippen LogP) is 1.84. The summed E-state index contributed by atoms with van der Waals surface area (Å²) in [5.74, 6) is 0.0988. The molecule has 0 atom stereocenters. The molecule has 0 amide bonds. The van der Waals surface area contributed by atoms with Crippen molar-refractivity contribution >= 4 is 11.7 Å². The first-order valence-electron chi connectivity index (χ1n) is 4.25. The summed E-state index contributed by atoms with van der Waals surface area (Å²) in [7, 11) is 3.78. The molecule has 0 heterocycles. The van der Waals surface area contributed by atoms with Gasteiger partial charge in [0.25, 0.3) is 0 Å². The summed E-state index contributed by atoms with van der Waals surface area (Å²) >= 11 is 0. The maximum Gasteiger partial charge on any atom is 0.335 e. The molecule has 0 radical (unpaired) electrons. The van der Waals surface area contributed by atoms with Gasteiger partial charge in [-0.05, 0) is 12.1 Å². The van der Waals surface area contributed by atoms with Gasteiger partial charge in [-0.3, -0.25) is 0 Å². The normalized spacial score (nSPS) is 9.29. The van der Waals surface area contributed by atoms with Crippen LogP contribution in [0.5, 0.6) is 5.75 Å². The third-order valence-corrected chi connectivity index (χ3v) is 1.72. The molecule has 0 unspecified atom stereocenters. The Bertz CT molecular complexity index is 345. The number of carbonyl (C=O) groups is 1. The van der Waals surface area contributed by atoms with E-state index in [2.05, 4.69) is 6.58 Å². The summed E-state index contributed by atoms with van der Waals surface area (Å²) in [6, 6.07) is 7.34. The molecule has 0 bridgehead atoms. The Balaban J connectivity index is 2.95. The summed E-state index contributed by atoms with van der Waals surface area (Å²) in [5, 5.41) is 0. The van der Waals surface area contributed by atoms with Crippen LogP contribution >= 0.6 is 0 Å². The lowest BCUT2D eigenvalue weighted by Crippen LogP contribution is -2.12. The summed E-state index contributed by atoms with van der Waals surface area (Å²) in [6.07, 6.45) is 1.15. The van der Waals surface area contributed by atoms with Crippen LogP contribution in [0.2, 0.25) is 0 Å². The van der Waals surface area contributed by atoms with Gasteiger partial charge in [0.1, 0.15) is 0 Å². The van der Waals surface area contributed by atoms with Crippen LogP contribution in [0.4, 0.5) is 5.69 Å². The molecule has 0 aliphatic heterocycles. The van der Waals surface area contributed by atoms with Gasteiger partial charge in [0.2, 0.25) is 0 Å². The van der Waals surface area contributed by atoms with E-state index in [4.69, 9.17) is 4.74 Å². The van der Waals surface area contributed by atoms with Gasteiger partial charge >= 0.3 is 5.97 Å². The number of nitrogens with zero attached hydrogens (tertiary/aromatic N) is 1. The number of carbonyl (C=O) groups excluding carboxylic acids is 1. The topological polar surface area (TPSA) is 29.5 Å². The van der Waals surface area contributed by atoms with Crippen LogP contribution in [0.1, 0.15) is 0 Å². The van der Waals surface area contributed by atoms with Gasteiger partial charge in [0.05, 0.1) is 5.69 Å². The van der Waals surface area contributed by atoms with Crippen LogP contribution in [0.3, 0.4) is 0 Å². The molecule has 1 aromatic carbocycles. The second kappa shape index (κ2) is 4.46. The first-order chi connectivity index (χ1) is 6.65. The van der Waals surface area contributed by atoms with Crippen molar-refractivity contribution in [1.29, 1.82) is 0 Å². The minimum absolute atomic E-state index is 0.445. The second-order valence-corrected chi connectivity index (χ2v) is 2.99. The molecular weight excluding hydrogens is 178 g/mol. The van der Waals surface area contributed by atoms with Crippen molar-refractivity contribution in [3.8, 4) is 5.75 Å². The fourth-order valence-electron chi connectivity index (χ4n) is 1.06. The second-order valence-electron chi connectivity index (χ2n) is 2.99. The fourth-order valence-corrected chi connectivity index (χ4v) is 1.06. The Labute approximate surface area is 83.6 Å². The van der Waals surface area contributed by atoms with Crippen LogP contribution in [-0.4, -0.2) is 20.1 Å². The molecule has 74 valence electrons. The van der Waals surface area contributed by atoms with Crippen molar-refractivity contribution in [3.63, 3.8) is 0 Å². The molecule has 0 aliphatic carbocycles. The van der Waals surface area contributed by atoms with Gasteiger partial charge in [-0.15, -0.1) is 0 Å². The van der Waals surface area contributed by atoms with Crippen molar-refractivity contribution < 1.29 is 9.53 Å². The minimum Gasteiger partial charge on any atom is -0.421 e. The van der Waals surface area contributed by atoms with E-state index in [-0.39, 0.29) is 0 Å². The largest absolute Gasteiger partial charge is 0.421 e. The number of para-hydroxylation sites is 2. The van der Waals surface area contributed by atoms with E-state index in [1.165, 1.54) is 0 Å². The highest BCUT2D eigenvalue weighted by atomic mass is 16.5. The zero-order chi connectivity index (χ0) is 10.6. The number of rotatable bonds is 3. The van der Waals surface area contributed by atoms with Gasteiger partial charge in [-0.2, -0.15) is 0 Å². The molecule has 0 saturated carbocycles. The quantitative estimate of drug-likeness (QED) is 0.415. The number of ether oxygens (including phenoxy) is 1. The van der Waals surface area contributed by atoms with Crippen LogP contribution < -0.4 is 9.64 Å². The van der Waals surface area contributed by atoms with E-state index in [9.17, 15) is 4.79 Å². The van der Waals surface area contributed by atoms with Crippen molar-refractivity contribution in [1.82, 2.24) is 0 Å². The van der Waals surface area contributed by atoms with Gasteiger partial charge in [-0.1, -0.05) is 18.7 Å². The van der Waals surface area contributed by atoms with E-state index in [1.807, 2.05) is 37.2 Å². The average molecular weight is 191 g/mol. The third-order valence-electron chi connectivity index (χ3n) is 1.72. The predicted molar refractivity (Wildman–Crippen MR) is 56.6 cm³/mol. The Morgan fingerprint density at radius 3 is 2.64 bits per heavy atom. The Kier molecular flexibility index (Phi) is 3.29. The molecule has 3 nitrogen and oxygen atoms in total. The number of benzene rings is 1. The molecule has 14 heavy (non-hydrogen) atoms. The maximum absolute atomic E-state index is 11.0. The van der Waals surface area contributed by atoms with Crippen molar-refractivity contribution in [2.24, 2.45) is 0 Å². The van der Waals surface area contributed by atoms with E-state index >= 15 is 0 Å². The lowest BCUT2D eigenvalue weighted by molar-refractivity contribution is -0.128.